The molecule has 0 aliphatic heterocycles. The van der Waals surface area contributed by atoms with E-state index in [9.17, 15) is 18.3 Å². The van der Waals surface area contributed by atoms with Gasteiger partial charge in [-0.05, 0) is 47.6 Å². The molecule has 1 aromatic heterocycles. The van der Waals surface area contributed by atoms with Gasteiger partial charge in [0.1, 0.15) is 0 Å². The van der Waals surface area contributed by atoms with Crippen molar-refractivity contribution >= 4 is 21.7 Å². The van der Waals surface area contributed by atoms with Gasteiger partial charge in [0.05, 0.1) is 11.7 Å². The monoisotopic (exact) mass is 455 g/mol. The average Bonchev–Trinajstić information content (AvgIpc) is 3.25. The second-order valence-corrected chi connectivity index (χ2v) is 10.0. The molecule has 0 spiro atoms. The summed E-state index contributed by atoms with van der Waals surface area (Å²) >= 11 is 0. The van der Waals surface area contributed by atoms with E-state index < -0.39 is 27.3 Å². The van der Waals surface area contributed by atoms with Crippen LogP contribution in [0.15, 0.2) is 48.5 Å². The van der Waals surface area contributed by atoms with Crippen molar-refractivity contribution < 1.29 is 18.3 Å². The maximum atomic E-state index is 12.3. The van der Waals surface area contributed by atoms with Gasteiger partial charge in [-0.3, -0.25) is 9.52 Å². The normalized spacial score (nSPS) is 21.1. The lowest BCUT2D eigenvalue weighted by Crippen LogP contribution is -2.29. The summed E-state index contributed by atoms with van der Waals surface area (Å²) in [6.45, 7) is 2.00. The number of carbonyl (C=O) groups is 1. The van der Waals surface area contributed by atoms with Crippen LogP contribution in [0.3, 0.4) is 0 Å². The van der Waals surface area contributed by atoms with Crippen molar-refractivity contribution in [3.05, 3.63) is 59.9 Å². The van der Waals surface area contributed by atoms with E-state index in [-0.39, 0.29) is 5.92 Å². The van der Waals surface area contributed by atoms with Crippen LogP contribution in [0.2, 0.25) is 0 Å². The first-order chi connectivity index (χ1) is 15.2. The van der Waals surface area contributed by atoms with Crippen molar-refractivity contribution in [2.45, 2.75) is 32.1 Å². The van der Waals surface area contributed by atoms with E-state index >= 15 is 0 Å². The molecule has 4 rings (SSSR count). The standard InChI is InChI=1S/C22H25N5O4S/c1-3-16-13-22(16,21(28)29)19(20-23-26-27-24-20)12-15-6-4-5-7-18(15)14-8-10-17(11-9-14)25-32(2,30)31/h4-11,16,19,25H,3,12-13H2,1-2H3,(H,28,29)(H,23,24,26,27)/t16-,19+,22?/m0/s1. The summed E-state index contributed by atoms with van der Waals surface area (Å²) in [5, 5.41) is 24.5. The molecule has 1 heterocycles. The molecule has 1 saturated carbocycles. The van der Waals surface area contributed by atoms with Gasteiger partial charge < -0.3 is 5.11 Å². The molecule has 1 aliphatic carbocycles. The van der Waals surface area contributed by atoms with E-state index in [2.05, 4.69) is 25.3 Å². The van der Waals surface area contributed by atoms with E-state index in [0.29, 0.717) is 24.4 Å². The maximum absolute atomic E-state index is 12.3. The number of tetrazole rings is 1. The van der Waals surface area contributed by atoms with Crippen LogP contribution in [0.25, 0.3) is 11.1 Å². The molecular weight excluding hydrogens is 430 g/mol. The molecule has 3 atom stereocenters. The SMILES string of the molecule is CC[C@H]1CC1(C(=O)O)[C@H](Cc1ccccc1-c1ccc(NS(C)(=O)=O)cc1)c1nn[nH]n1. The Morgan fingerprint density at radius 3 is 2.53 bits per heavy atom. The Bertz CT molecular complexity index is 1210. The first-order valence-corrected chi connectivity index (χ1v) is 12.3. The van der Waals surface area contributed by atoms with E-state index in [1.54, 1.807) is 12.1 Å². The van der Waals surface area contributed by atoms with Crippen molar-refractivity contribution in [2.75, 3.05) is 11.0 Å². The Balaban J connectivity index is 1.69. The number of hydrogen-bond acceptors (Lipinski definition) is 6. The zero-order chi connectivity index (χ0) is 22.9. The quantitative estimate of drug-likeness (QED) is 0.451. The van der Waals surface area contributed by atoms with Gasteiger partial charge in [0.15, 0.2) is 5.82 Å². The molecule has 10 heteroatoms. The van der Waals surface area contributed by atoms with E-state index in [1.165, 1.54) is 0 Å². The maximum Gasteiger partial charge on any atom is 0.310 e. The van der Waals surface area contributed by atoms with Gasteiger partial charge in [0, 0.05) is 11.6 Å². The number of sulfonamides is 1. The highest BCUT2D eigenvalue weighted by Gasteiger charge is 2.65. The number of aliphatic carboxylic acids is 1. The van der Waals surface area contributed by atoms with Crippen molar-refractivity contribution in [2.24, 2.45) is 11.3 Å². The van der Waals surface area contributed by atoms with Crippen molar-refractivity contribution in [1.82, 2.24) is 20.6 Å². The predicted molar refractivity (Wildman–Crippen MR) is 119 cm³/mol. The first kappa shape index (κ1) is 21.9. The molecule has 3 N–H and O–H groups in total. The Labute approximate surface area is 186 Å². The molecule has 168 valence electrons. The van der Waals surface area contributed by atoms with Gasteiger partial charge >= 0.3 is 5.97 Å². The third-order valence-corrected chi connectivity index (χ3v) is 6.89. The number of rotatable bonds is 9. The minimum absolute atomic E-state index is 0.0667. The summed E-state index contributed by atoms with van der Waals surface area (Å²) in [6.07, 6.45) is 2.92. The highest BCUT2D eigenvalue weighted by atomic mass is 32.2. The number of aromatic amines is 1. The molecule has 2 aromatic carbocycles. The van der Waals surface area contributed by atoms with Crippen LogP contribution in [0.1, 0.15) is 37.1 Å². The van der Waals surface area contributed by atoms with Gasteiger partial charge in [-0.2, -0.15) is 5.21 Å². The van der Waals surface area contributed by atoms with Crippen LogP contribution < -0.4 is 4.72 Å². The number of carboxylic acid groups (broad SMARTS) is 1. The molecule has 3 aromatic rings. The number of hydrogen-bond donors (Lipinski definition) is 3. The second-order valence-electron chi connectivity index (χ2n) is 8.29. The minimum Gasteiger partial charge on any atom is -0.481 e. The smallest absolute Gasteiger partial charge is 0.310 e. The molecule has 1 aliphatic rings. The second kappa shape index (κ2) is 8.34. The summed E-state index contributed by atoms with van der Waals surface area (Å²) in [5.74, 6) is -0.772. The molecule has 9 nitrogen and oxygen atoms in total. The number of nitrogens with zero attached hydrogens (tertiary/aromatic N) is 3. The topological polar surface area (TPSA) is 138 Å². The molecular formula is C22H25N5O4S. The Morgan fingerprint density at radius 1 is 1.25 bits per heavy atom. The average molecular weight is 456 g/mol. The molecule has 32 heavy (non-hydrogen) atoms. The van der Waals surface area contributed by atoms with E-state index in [4.69, 9.17) is 0 Å². The highest BCUT2D eigenvalue weighted by molar-refractivity contribution is 7.92. The lowest BCUT2D eigenvalue weighted by Gasteiger charge is -2.23. The summed E-state index contributed by atoms with van der Waals surface area (Å²) in [5.41, 5.74) is 2.38. The van der Waals surface area contributed by atoms with Crippen LogP contribution in [0, 0.1) is 11.3 Å². The summed E-state index contributed by atoms with van der Waals surface area (Å²) < 4.78 is 25.4. The van der Waals surface area contributed by atoms with E-state index in [1.807, 2.05) is 43.3 Å². The molecule has 0 bridgehead atoms. The fraction of sp³-hybridized carbons (Fsp3) is 0.364. The summed E-state index contributed by atoms with van der Waals surface area (Å²) in [4.78, 5) is 12.3. The predicted octanol–water partition coefficient (Wildman–Crippen LogP) is 3.07. The fourth-order valence-corrected chi connectivity index (χ4v) is 5.21. The van der Waals surface area contributed by atoms with Crippen LogP contribution in [-0.4, -0.2) is 46.4 Å². The fourth-order valence-electron chi connectivity index (χ4n) is 4.65. The number of H-pyrrole nitrogens is 1. The Hall–Kier alpha value is -3.27. The molecule has 0 saturated heterocycles. The van der Waals surface area contributed by atoms with Crippen molar-refractivity contribution in [1.29, 1.82) is 0 Å². The van der Waals surface area contributed by atoms with Gasteiger partial charge in [-0.1, -0.05) is 55.0 Å². The van der Waals surface area contributed by atoms with Gasteiger partial charge in [0.2, 0.25) is 10.0 Å². The third kappa shape index (κ3) is 4.22. The largest absolute Gasteiger partial charge is 0.481 e. The number of nitrogens with one attached hydrogen (secondary N) is 2. The van der Waals surface area contributed by atoms with E-state index in [0.717, 1.165) is 29.4 Å². The lowest BCUT2D eigenvalue weighted by molar-refractivity contribution is -0.145. The summed E-state index contributed by atoms with van der Waals surface area (Å²) in [6, 6.07) is 14.9. The molecule has 0 radical (unpaired) electrons. The first-order valence-electron chi connectivity index (χ1n) is 10.4. The number of carboxylic acids is 1. The van der Waals surface area contributed by atoms with Crippen LogP contribution in [0.4, 0.5) is 5.69 Å². The third-order valence-electron chi connectivity index (χ3n) is 6.28. The summed E-state index contributed by atoms with van der Waals surface area (Å²) in [7, 11) is -3.36. The Morgan fingerprint density at radius 2 is 1.97 bits per heavy atom. The van der Waals surface area contributed by atoms with Crippen molar-refractivity contribution in [3.63, 3.8) is 0 Å². The molecule has 1 fully saturated rings. The lowest BCUT2D eigenvalue weighted by atomic mass is 9.79. The number of anilines is 1. The number of aromatic nitrogens is 4. The Kier molecular flexibility index (Phi) is 5.72. The molecule has 1 unspecified atom stereocenters. The van der Waals surface area contributed by atoms with Crippen LogP contribution in [0.5, 0.6) is 0 Å². The van der Waals surface area contributed by atoms with Crippen LogP contribution >= 0.6 is 0 Å². The zero-order valence-corrected chi connectivity index (χ0v) is 18.6. The van der Waals surface area contributed by atoms with Gasteiger partial charge in [-0.25, -0.2) is 8.42 Å². The van der Waals surface area contributed by atoms with Crippen LogP contribution in [-0.2, 0) is 21.2 Å². The van der Waals surface area contributed by atoms with Gasteiger partial charge in [0.25, 0.3) is 0 Å². The number of benzene rings is 2. The molecule has 0 amide bonds. The highest BCUT2D eigenvalue weighted by Crippen LogP contribution is 2.63. The minimum atomic E-state index is -3.36. The van der Waals surface area contributed by atoms with Crippen molar-refractivity contribution in [3.8, 4) is 11.1 Å². The van der Waals surface area contributed by atoms with Gasteiger partial charge in [-0.15, -0.1) is 10.2 Å². The zero-order valence-electron chi connectivity index (χ0n) is 17.8.